The van der Waals surface area contributed by atoms with E-state index in [2.05, 4.69) is 10.3 Å². The van der Waals surface area contributed by atoms with Gasteiger partial charge in [-0.05, 0) is 44.4 Å². The molecule has 2 aromatic heterocycles. The number of carbonyl (C=O) groups excluding carboxylic acids is 1. The van der Waals surface area contributed by atoms with E-state index in [0.717, 1.165) is 40.4 Å². The minimum absolute atomic E-state index is 0.00226. The van der Waals surface area contributed by atoms with E-state index >= 15 is 0 Å². The minimum atomic E-state index is -4.41. The summed E-state index contributed by atoms with van der Waals surface area (Å²) in [6.07, 6.45) is -3.96. The van der Waals surface area contributed by atoms with Crippen LogP contribution >= 0.6 is 11.3 Å². The third-order valence-corrected chi connectivity index (χ3v) is 6.74. The lowest BCUT2D eigenvalue weighted by Crippen LogP contribution is -2.49. The molecule has 1 atom stereocenters. The minimum Gasteiger partial charge on any atom is -0.365 e. The van der Waals surface area contributed by atoms with Gasteiger partial charge in [0.05, 0.1) is 23.7 Å². The van der Waals surface area contributed by atoms with E-state index in [9.17, 15) is 18.0 Å². The molecule has 31 heavy (non-hydrogen) atoms. The van der Waals surface area contributed by atoms with Crippen LogP contribution in [0, 0.1) is 13.8 Å². The van der Waals surface area contributed by atoms with Crippen LogP contribution in [0.5, 0.6) is 0 Å². The molecular formula is C21H25F3N4O2S. The number of nitrogens with one attached hydrogen (secondary N) is 1. The fourth-order valence-corrected chi connectivity index (χ4v) is 5.10. The Morgan fingerprint density at radius 1 is 1.29 bits per heavy atom. The number of carbonyl (C=O) groups is 1. The summed E-state index contributed by atoms with van der Waals surface area (Å²) in [6, 6.07) is 3.92. The van der Waals surface area contributed by atoms with Crippen molar-refractivity contribution in [3.8, 4) is 10.4 Å². The molecular weight excluding hydrogens is 429 g/mol. The lowest BCUT2D eigenvalue weighted by Gasteiger charge is -2.33. The second kappa shape index (κ2) is 8.05. The van der Waals surface area contributed by atoms with Gasteiger partial charge >= 0.3 is 6.18 Å². The average Bonchev–Trinajstić information content (AvgIpc) is 3.27. The number of pyridine rings is 1. The summed E-state index contributed by atoms with van der Waals surface area (Å²) in [4.78, 5) is 23.4. The van der Waals surface area contributed by atoms with Gasteiger partial charge in [0.1, 0.15) is 0 Å². The highest BCUT2D eigenvalue weighted by atomic mass is 32.1. The van der Waals surface area contributed by atoms with Gasteiger partial charge in [0.25, 0.3) is 0 Å². The molecule has 0 aromatic carbocycles. The molecule has 2 fully saturated rings. The highest BCUT2D eigenvalue weighted by Crippen LogP contribution is 2.44. The van der Waals surface area contributed by atoms with Gasteiger partial charge in [-0.2, -0.15) is 13.2 Å². The average molecular weight is 455 g/mol. The number of aryl methyl sites for hydroxylation is 2. The van der Waals surface area contributed by atoms with Crippen molar-refractivity contribution in [1.29, 1.82) is 0 Å². The number of thiazole rings is 1. The Hall–Kier alpha value is -2.20. The van der Waals surface area contributed by atoms with Crippen LogP contribution in [0.4, 0.5) is 18.3 Å². The molecule has 0 unspecified atom stereocenters. The fraction of sp³-hybridized carbons (Fsp3) is 0.571. The van der Waals surface area contributed by atoms with Crippen molar-refractivity contribution in [1.82, 2.24) is 15.3 Å². The summed E-state index contributed by atoms with van der Waals surface area (Å²) < 4.78 is 44.6. The molecule has 4 rings (SSSR count). The van der Waals surface area contributed by atoms with Gasteiger partial charge in [0.2, 0.25) is 5.91 Å². The van der Waals surface area contributed by atoms with E-state index in [1.807, 2.05) is 26.0 Å². The van der Waals surface area contributed by atoms with Crippen LogP contribution in [0.2, 0.25) is 0 Å². The molecule has 1 saturated heterocycles. The van der Waals surface area contributed by atoms with Gasteiger partial charge < -0.3 is 15.0 Å². The second-order valence-electron chi connectivity index (χ2n) is 8.40. The quantitative estimate of drug-likeness (QED) is 0.745. The summed E-state index contributed by atoms with van der Waals surface area (Å²) in [5.41, 5.74) is 3.15. The Bertz CT molecular complexity index is 967. The van der Waals surface area contributed by atoms with Crippen molar-refractivity contribution in [3.05, 3.63) is 29.2 Å². The van der Waals surface area contributed by atoms with Gasteiger partial charge in [0.15, 0.2) is 11.2 Å². The molecule has 0 spiro atoms. The zero-order chi connectivity index (χ0) is 22.4. The molecule has 2 aromatic rings. The fourth-order valence-electron chi connectivity index (χ4n) is 4.00. The molecule has 1 amide bonds. The molecule has 1 aliphatic heterocycles. The Morgan fingerprint density at radius 3 is 2.55 bits per heavy atom. The SMILES string of the molecule is CC(=O)NC1(Cc2nc(N3CCO[C@H](C(F)(F)F)C3)sc2-c2cc(C)nc(C)c2)CC1. The van der Waals surface area contributed by atoms with Crippen molar-refractivity contribution < 1.29 is 22.7 Å². The third-order valence-electron chi connectivity index (χ3n) is 5.53. The van der Waals surface area contributed by atoms with Crippen LogP contribution in [-0.4, -0.2) is 53.4 Å². The number of anilines is 1. The van der Waals surface area contributed by atoms with Gasteiger partial charge in [-0.3, -0.25) is 9.78 Å². The van der Waals surface area contributed by atoms with Crippen LogP contribution in [0.15, 0.2) is 12.1 Å². The van der Waals surface area contributed by atoms with E-state index in [1.165, 1.54) is 18.3 Å². The van der Waals surface area contributed by atoms with Crippen LogP contribution in [0.25, 0.3) is 10.4 Å². The number of hydrogen-bond donors (Lipinski definition) is 1. The molecule has 2 aliphatic rings. The number of amides is 1. The smallest absolute Gasteiger partial charge is 0.365 e. The first-order valence-electron chi connectivity index (χ1n) is 10.2. The van der Waals surface area contributed by atoms with Gasteiger partial charge in [-0.25, -0.2) is 4.98 Å². The molecule has 1 aliphatic carbocycles. The van der Waals surface area contributed by atoms with Gasteiger partial charge in [-0.15, -0.1) is 0 Å². The number of morpholine rings is 1. The summed E-state index contributed by atoms with van der Waals surface area (Å²) >= 11 is 1.39. The van der Waals surface area contributed by atoms with E-state index < -0.39 is 12.3 Å². The van der Waals surface area contributed by atoms with Crippen molar-refractivity contribution in [2.24, 2.45) is 0 Å². The Morgan fingerprint density at radius 2 is 1.97 bits per heavy atom. The van der Waals surface area contributed by atoms with Crippen molar-refractivity contribution >= 4 is 22.4 Å². The maximum Gasteiger partial charge on any atom is 0.416 e. The third kappa shape index (κ3) is 5.01. The predicted molar refractivity (Wildman–Crippen MR) is 112 cm³/mol. The lowest BCUT2D eigenvalue weighted by molar-refractivity contribution is -0.221. The largest absolute Gasteiger partial charge is 0.416 e. The highest BCUT2D eigenvalue weighted by molar-refractivity contribution is 7.19. The summed E-state index contributed by atoms with van der Waals surface area (Å²) in [5.74, 6) is -0.0914. The zero-order valence-corrected chi connectivity index (χ0v) is 18.5. The topological polar surface area (TPSA) is 67.4 Å². The summed E-state index contributed by atoms with van der Waals surface area (Å²) in [5, 5.41) is 3.58. The van der Waals surface area contributed by atoms with Gasteiger partial charge in [0, 0.05) is 36.8 Å². The number of ether oxygens (including phenoxy) is 1. The molecule has 168 valence electrons. The van der Waals surface area contributed by atoms with E-state index in [-0.39, 0.29) is 24.6 Å². The molecule has 1 saturated carbocycles. The molecule has 3 heterocycles. The number of aromatic nitrogens is 2. The van der Waals surface area contributed by atoms with Crippen LogP contribution in [0.3, 0.4) is 0 Å². The monoisotopic (exact) mass is 454 g/mol. The first kappa shape index (κ1) is 22.0. The number of alkyl halides is 3. The number of hydrogen-bond acceptors (Lipinski definition) is 6. The Kier molecular flexibility index (Phi) is 5.72. The first-order valence-corrected chi connectivity index (χ1v) is 11.0. The standard InChI is InChI=1S/C21H25F3N4O2S/c1-12-8-15(9-13(2)25-12)18-16(10-20(4-5-20)27-14(3)29)26-19(31-18)28-6-7-30-17(11-28)21(22,23)24/h8-9,17H,4-7,10-11H2,1-3H3,(H,27,29)/t17-/m0/s1. The Labute approximate surface area is 182 Å². The van der Waals surface area contributed by atoms with Crippen LogP contribution in [0.1, 0.15) is 36.8 Å². The summed E-state index contributed by atoms with van der Waals surface area (Å²) in [6.45, 7) is 5.39. The molecule has 1 N–H and O–H groups in total. The first-order chi connectivity index (χ1) is 14.5. The van der Waals surface area contributed by atoms with Gasteiger partial charge in [-0.1, -0.05) is 11.3 Å². The zero-order valence-electron chi connectivity index (χ0n) is 17.7. The maximum atomic E-state index is 13.2. The van der Waals surface area contributed by atoms with Crippen molar-refractivity contribution in [2.75, 3.05) is 24.6 Å². The maximum absolute atomic E-state index is 13.2. The molecule has 0 radical (unpaired) electrons. The number of nitrogens with zero attached hydrogens (tertiary/aromatic N) is 3. The van der Waals surface area contributed by atoms with Crippen molar-refractivity contribution in [3.63, 3.8) is 0 Å². The van der Waals surface area contributed by atoms with Crippen molar-refractivity contribution in [2.45, 2.75) is 57.9 Å². The number of rotatable bonds is 5. The normalized spacial score (nSPS) is 20.6. The van der Waals surface area contributed by atoms with E-state index in [0.29, 0.717) is 18.1 Å². The van der Waals surface area contributed by atoms with Crippen LogP contribution < -0.4 is 10.2 Å². The molecule has 0 bridgehead atoms. The molecule has 6 nitrogen and oxygen atoms in total. The lowest BCUT2D eigenvalue weighted by atomic mass is 10.0. The Balaban J connectivity index is 1.69. The highest BCUT2D eigenvalue weighted by Gasteiger charge is 2.46. The van der Waals surface area contributed by atoms with E-state index in [1.54, 1.807) is 4.90 Å². The second-order valence-corrected chi connectivity index (χ2v) is 9.37. The van der Waals surface area contributed by atoms with E-state index in [4.69, 9.17) is 9.72 Å². The predicted octanol–water partition coefficient (Wildman–Crippen LogP) is 3.80. The van der Waals surface area contributed by atoms with Crippen LogP contribution in [-0.2, 0) is 16.0 Å². The summed E-state index contributed by atoms with van der Waals surface area (Å²) in [7, 11) is 0. The number of halogens is 3. The molecule has 10 heteroatoms.